The topological polar surface area (TPSA) is 117 Å². The molecule has 0 aliphatic heterocycles. The van der Waals surface area contributed by atoms with Crippen molar-refractivity contribution < 1.29 is 28.6 Å². The van der Waals surface area contributed by atoms with Crippen LogP contribution in [0.2, 0.25) is 0 Å². The number of benzene rings is 1. The summed E-state index contributed by atoms with van der Waals surface area (Å²) in [5.74, 6) is -1.36. The molecule has 0 unspecified atom stereocenters. The van der Waals surface area contributed by atoms with Gasteiger partial charge in [0.25, 0.3) is 5.91 Å². The molecule has 0 atom stereocenters. The van der Waals surface area contributed by atoms with Crippen LogP contribution in [0.3, 0.4) is 0 Å². The lowest BCUT2D eigenvalue weighted by atomic mass is 10.1. The molecule has 0 saturated heterocycles. The van der Waals surface area contributed by atoms with Gasteiger partial charge in [0.15, 0.2) is 0 Å². The molecule has 29 heavy (non-hydrogen) atoms. The fraction of sp³-hybridized carbons (Fsp3) is 0.350. The minimum atomic E-state index is -0.713. The van der Waals surface area contributed by atoms with Crippen LogP contribution >= 0.6 is 11.3 Å². The number of carbonyl (C=O) groups excluding carboxylic acids is 3. The summed E-state index contributed by atoms with van der Waals surface area (Å²) in [7, 11) is 0. The zero-order valence-electron chi connectivity index (χ0n) is 16.6. The SMILES string of the molecule is CCCOc1ccc(C(=O)Nc2scc(C(=O)OCC)c2C(=O)OCC)cc1N. The van der Waals surface area contributed by atoms with Crippen molar-refractivity contribution in [1.29, 1.82) is 0 Å². The molecule has 1 aromatic carbocycles. The van der Waals surface area contributed by atoms with Gasteiger partial charge in [-0.05, 0) is 38.5 Å². The van der Waals surface area contributed by atoms with Crippen LogP contribution in [0.4, 0.5) is 10.7 Å². The Morgan fingerprint density at radius 1 is 1.07 bits per heavy atom. The summed E-state index contributed by atoms with van der Waals surface area (Å²) in [6, 6.07) is 4.68. The van der Waals surface area contributed by atoms with E-state index in [-0.39, 0.29) is 34.9 Å². The molecule has 0 radical (unpaired) electrons. The largest absolute Gasteiger partial charge is 0.491 e. The number of rotatable bonds is 9. The third-order valence-electron chi connectivity index (χ3n) is 3.73. The summed E-state index contributed by atoms with van der Waals surface area (Å²) in [5, 5.41) is 4.30. The van der Waals surface area contributed by atoms with E-state index in [2.05, 4.69) is 5.32 Å². The highest BCUT2D eigenvalue weighted by atomic mass is 32.1. The first-order valence-corrected chi connectivity index (χ1v) is 10.1. The quantitative estimate of drug-likeness (QED) is 0.469. The van der Waals surface area contributed by atoms with Crippen LogP contribution in [0.15, 0.2) is 23.6 Å². The van der Waals surface area contributed by atoms with Crippen molar-refractivity contribution in [3.05, 3.63) is 40.3 Å². The minimum Gasteiger partial charge on any atom is -0.491 e. The Kier molecular flexibility index (Phi) is 8.02. The van der Waals surface area contributed by atoms with Crippen LogP contribution in [0.1, 0.15) is 58.3 Å². The number of amides is 1. The maximum atomic E-state index is 12.7. The first-order chi connectivity index (χ1) is 13.9. The van der Waals surface area contributed by atoms with Crippen molar-refractivity contribution >= 4 is 39.9 Å². The summed E-state index contributed by atoms with van der Waals surface area (Å²) in [6.07, 6.45) is 0.833. The fourth-order valence-electron chi connectivity index (χ4n) is 2.42. The lowest BCUT2D eigenvalue weighted by molar-refractivity contribution is 0.0481. The van der Waals surface area contributed by atoms with Crippen molar-refractivity contribution in [2.75, 3.05) is 30.9 Å². The highest BCUT2D eigenvalue weighted by Gasteiger charge is 2.27. The average Bonchev–Trinajstić information content (AvgIpc) is 3.11. The van der Waals surface area contributed by atoms with E-state index in [1.165, 1.54) is 11.4 Å². The third kappa shape index (κ3) is 5.47. The number of nitrogens with one attached hydrogen (secondary N) is 1. The van der Waals surface area contributed by atoms with Gasteiger partial charge >= 0.3 is 11.9 Å². The van der Waals surface area contributed by atoms with Crippen LogP contribution in [-0.4, -0.2) is 37.7 Å². The van der Waals surface area contributed by atoms with Gasteiger partial charge in [0.05, 0.1) is 31.1 Å². The maximum Gasteiger partial charge on any atom is 0.342 e. The van der Waals surface area contributed by atoms with Gasteiger partial charge in [-0.15, -0.1) is 11.3 Å². The van der Waals surface area contributed by atoms with Gasteiger partial charge in [0.2, 0.25) is 0 Å². The molecule has 8 nitrogen and oxygen atoms in total. The third-order valence-corrected chi connectivity index (χ3v) is 4.62. The van der Waals surface area contributed by atoms with Crippen molar-refractivity contribution in [3.8, 4) is 5.75 Å². The molecule has 9 heteroatoms. The molecular weight excluding hydrogens is 396 g/mol. The molecule has 1 heterocycles. The number of hydrogen-bond acceptors (Lipinski definition) is 8. The maximum absolute atomic E-state index is 12.7. The average molecular weight is 420 g/mol. The fourth-order valence-corrected chi connectivity index (χ4v) is 3.34. The Hall–Kier alpha value is -3.07. The predicted octanol–water partition coefficient (Wildman–Crippen LogP) is 3.72. The second-order valence-electron chi connectivity index (χ2n) is 5.85. The number of thiophene rings is 1. The Balaban J connectivity index is 2.28. The van der Waals surface area contributed by atoms with Crippen LogP contribution < -0.4 is 15.8 Å². The van der Waals surface area contributed by atoms with Crippen LogP contribution in [0.5, 0.6) is 5.75 Å². The second-order valence-corrected chi connectivity index (χ2v) is 6.73. The first-order valence-electron chi connectivity index (χ1n) is 9.22. The molecule has 0 aliphatic rings. The van der Waals surface area contributed by atoms with E-state index in [0.717, 1.165) is 17.8 Å². The lowest BCUT2D eigenvalue weighted by Gasteiger charge is -2.11. The summed E-state index contributed by atoms with van der Waals surface area (Å²) in [6.45, 7) is 6.09. The number of esters is 2. The molecule has 156 valence electrons. The van der Waals surface area contributed by atoms with E-state index < -0.39 is 17.8 Å². The first kappa shape index (κ1) is 22.2. The predicted molar refractivity (Wildman–Crippen MR) is 111 cm³/mol. The number of anilines is 2. The van der Waals surface area contributed by atoms with E-state index in [0.29, 0.717) is 18.0 Å². The molecule has 0 spiro atoms. The van der Waals surface area contributed by atoms with Crippen LogP contribution in [0.25, 0.3) is 0 Å². The Morgan fingerprint density at radius 3 is 2.38 bits per heavy atom. The highest BCUT2D eigenvalue weighted by Crippen LogP contribution is 2.31. The molecule has 0 saturated carbocycles. The molecule has 2 rings (SSSR count). The van der Waals surface area contributed by atoms with E-state index >= 15 is 0 Å². The summed E-state index contributed by atoms with van der Waals surface area (Å²) in [5.41, 5.74) is 6.59. The van der Waals surface area contributed by atoms with Crippen molar-refractivity contribution in [2.24, 2.45) is 0 Å². The van der Waals surface area contributed by atoms with Crippen molar-refractivity contribution in [3.63, 3.8) is 0 Å². The molecule has 0 fully saturated rings. The second kappa shape index (κ2) is 10.5. The van der Waals surface area contributed by atoms with Crippen LogP contribution in [0, 0.1) is 0 Å². The minimum absolute atomic E-state index is 0.0282. The van der Waals surface area contributed by atoms with Gasteiger partial charge < -0.3 is 25.3 Å². The molecule has 2 aromatic rings. The van der Waals surface area contributed by atoms with Gasteiger partial charge in [-0.25, -0.2) is 9.59 Å². The Bertz CT molecular complexity index is 893. The van der Waals surface area contributed by atoms with Crippen LogP contribution in [-0.2, 0) is 9.47 Å². The molecule has 1 aromatic heterocycles. The van der Waals surface area contributed by atoms with Gasteiger partial charge in [-0.2, -0.15) is 0 Å². The molecule has 3 N–H and O–H groups in total. The number of hydrogen-bond donors (Lipinski definition) is 2. The lowest BCUT2D eigenvalue weighted by Crippen LogP contribution is -2.17. The van der Waals surface area contributed by atoms with Gasteiger partial charge in [-0.1, -0.05) is 6.92 Å². The normalized spacial score (nSPS) is 10.3. The molecular formula is C20H24N2O6S. The van der Waals surface area contributed by atoms with E-state index in [1.54, 1.807) is 26.0 Å². The Labute approximate surface area is 172 Å². The standard InChI is InChI=1S/C20H24N2O6S/c1-4-9-28-15-8-7-12(10-14(15)21)17(23)22-18-16(20(25)27-6-3)13(11-29-18)19(24)26-5-2/h7-8,10-11H,4-6,9,21H2,1-3H3,(H,22,23). The summed E-state index contributed by atoms with van der Waals surface area (Å²) < 4.78 is 15.5. The molecule has 1 amide bonds. The van der Waals surface area contributed by atoms with E-state index in [1.807, 2.05) is 6.92 Å². The Morgan fingerprint density at radius 2 is 1.76 bits per heavy atom. The summed E-state index contributed by atoms with van der Waals surface area (Å²) in [4.78, 5) is 37.2. The zero-order chi connectivity index (χ0) is 21.4. The molecule has 0 aliphatic carbocycles. The number of nitrogens with two attached hydrogens (primary N) is 1. The van der Waals surface area contributed by atoms with E-state index in [4.69, 9.17) is 19.9 Å². The number of carbonyl (C=O) groups is 3. The summed E-state index contributed by atoms with van der Waals surface area (Å²) >= 11 is 1.04. The highest BCUT2D eigenvalue weighted by molar-refractivity contribution is 7.15. The van der Waals surface area contributed by atoms with Gasteiger partial charge in [0, 0.05) is 10.9 Å². The monoisotopic (exact) mass is 420 g/mol. The number of ether oxygens (including phenoxy) is 3. The zero-order valence-corrected chi connectivity index (χ0v) is 17.4. The van der Waals surface area contributed by atoms with Gasteiger partial charge in [-0.3, -0.25) is 4.79 Å². The number of nitrogen functional groups attached to an aromatic ring is 1. The van der Waals surface area contributed by atoms with Crippen molar-refractivity contribution in [1.82, 2.24) is 0 Å². The van der Waals surface area contributed by atoms with Crippen molar-refractivity contribution in [2.45, 2.75) is 27.2 Å². The smallest absolute Gasteiger partial charge is 0.342 e. The molecule has 0 bridgehead atoms. The van der Waals surface area contributed by atoms with Gasteiger partial charge in [0.1, 0.15) is 16.3 Å². The van der Waals surface area contributed by atoms with E-state index in [9.17, 15) is 14.4 Å².